The van der Waals surface area contributed by atoms with E-state index in [-0.39, 0.29) is 26.1 Å². The van der Waals surface area contributed by atoms with Crippen molar-refractivity contribution < 1.29 is 47.2 Å². The third kappa shape index (κ3) is 48.0. The van der Waals surface area contributed by atoms with Crippen LogP contribution in [0.3, 0.4) is 0 Å². The Bertz CT molecular complexity index is 1180. The van der Waals surface area contributed by atoms with E-state index in [2.05, 4.69) is 26.0 Å². The number of hydrogen-bond donors (Lipinski definition) is 2. The third-order valence-corrected chi connectivity index (χ3v) is 12.3. The van der Waals surface area contributed by atoms with Crippen LogP contribution >= 0.6 is 7.82 Å². The number of aliphatic hydroxyl groups excluding tert-OH is 1. The highest BCUT2D eigenvalue weighted by molar-refractivity contribution is 7.47. The number of rotatable bonds is 47. The van der Waals surface area contributed by atoms with Crippen LogP contribution in [0.15, 0.2) is 36.5 Å². The highest BCUT2D eigenvalue weighted by Gasteiger charge is 2.27. The number of nitrogens with zero attached hydrogens (tertiary/aromatic N) is 1. The Balaban J connectivity index is 4.37. The molecule has 0 heterocycles. The van der Waals surface area contributed by atoms with Gasteiger partial charge >= 0.3 is 19.8 Å². The third-order valence-electron chi connectivity index (χ3n) is 11.3. The molecule has 0 aromatic rings. The van der Waals surface area contributed by atoms with Gasteiger partial charge in [0.25, 0.3) is 0 Å². The Morgan fingerprint density at radius 2 is 1.05 bits per heavy atom. The number of phosphoric ester groups is 1. The zero-order valence-corrected chi connectivity index (χ0v) is 42.3. The van der Waals surface area contributed by atoms with Gasteiger partial charge in [-0.2, -0.15) is 0 Å². The molecule has 370 valence electrons. The van der Waals surface area contributed by atoms with Gasteiger partial charge in [0.2, 0.25) is 0 Å². The van der Waals surface area contributed by atoms with Crippen molar-refractivity contribution in [1.82, 2.24) is 0 Å². The van der Waals surface area contributed by atoms with Gasteiger partial charge in [0.1, 0.15) is 19.8 Å². The minimum atomic E-state index is -4.42. The van der Waals surface area contributed by atoms with Gasteiger partial charge in [0.15, 0.2) is 6.10 Å². The number of carbonyl (C=O) groups is 2. The molecule has 0 saturated heterocycles. The maximum absolute atomic E-state index is 12.8. The average molecular weight is 913 g/mol. The molecule has 0 aliphatic carbocycles. The lowest BCUT2D eigenvalue weighted by Gasteiger charge is -2.24. The number of ether oxygens (including phenoxy) is 2. The number of aliphatic hydroxyl groups is 1. The molecular weight excluding hydrogens is 814 g/mol. The molecule has 0 fully saturated rings. The van der Waals surface area contributed by atoms with Crippen LogP contribution in [-0.2, 0) is 32.7 Å². The van der Waals surface area contributed by atoms with E-state index in [1.807, 2.05) is 39.4 Å². The Morgan fingerprint density at radius 1 is 0.571 bits per heavy atom. The van der Waals surface area contributed by atoms with E-state index in [1.165, 1.54) is 148 Å². The van der Waals surface area contributed by atoms with Gasteiger partial charge in [-0.3, -0.25) is 18.6 Å². The summed E-state index contributed by atoms with van der Waals surface area (Å²) in [7, 11) is 1.39. The number of carbonyl (C=O) groups excluding carboxylic acids is 2. The number of quaternary nitrogens is 1. The summed E-state index contributed by atoms with van der Waals surface area (Å²) in [6.07, 6.45) is 48.0. The number of hydrogen-bond acceptors (Lipinski definition) is 8. The summed E-state index contributed by atoms with van der Waals surface area (Å²) in [5.41, 5.74) is 0. The molecule has 0 aliphatic heterocycles. The fourth-order valence-electron chi connectivity index (χ4n) is 7.20. The summed E-state index contributed by atoms with van der Waals surface area (Å²) in [5, 5.41) is 10.3. The number of esters is 2. The molecule has 63 heavy (non-hydrogen) atoms. The van der Waals surface area contributed by atoms with Gasteiger partial charge in [0.05, 0.1) is 33.9 Å². The molecule has 0 rings (SSSR count). The van der Waals surface area contributed by atoms with Crippen molar-refractivity contribution in [3.8, 4) is 0 Å². The fraction of sp³-hybridized carbons (Fsp3) is 0.846. The largest absolute Gasteiger partial charge is 0.472 e. The van der Waals surface area contributed by atoms with E-state index < -0.39 is 38.6 Å². The van der Waals surface area contributed by atoms with Crippen LogP contribution in [0.25, 0.3) is 0 Å². The Kier molecular flexibility index (Phi) is 42.8. The van der Waals surface area contributed by atoms with Crippen molar-refractivity contribution in [3.63, 3.8) is 0 Å². The summed E-state index contributed by atoms with van der Waals surface area (Å²) < 4.78 is 34.3. The van der Waals surface area contributed by atoms with Crippen molar-refractivity contribution in [2.75, 3.05) is 47.5 Å². The predicted molar refractivity (Wildman–Crippen MR) is 263 cm³/mol. The molecule has 0 amide bonds. The minimum absolute atomic E-state index is 0.00419. The molecule has 0 radical (unpaired) electrons. The van der Waals surface area contributed by atoms with Crippen molar-refractivity contribution in [3.05, 3.63) is 36.5 Å². The smallest absolute Gasteiger partial charge is 0.462 e. The second-order valence-electron chi connectivity index (χ2n) is 18.8. The van der Waals surface area contributed by atoms with Crippen LogP contribution < -0.4 is 0 Å². The highest BCUT2D eigenvalue weighted by atomic mass is 31.2. The van der Waals surface area contributed by atoms with E-state index in [9.17, 15) is 24.2 Å². The summed E-state index contributed by atoms with van der Waals surface area (Å²) in [4.78, 5) is 35.5. The lowest BCUT2D eigenvalue weighted by molar-refractivity contribution is -0.870. The lowest BCUT2D eigenvalue weighted by atomic mass is 10.0. The van der Waals surface area contributed by atoms with Gasteiger partial charge in [0, 0.05) is 12.8 Å². The van der Waals surface area contributed by atoms with Crippen LogP contribution in [0.2, 0.25) is 0 Å². The summed E-state index contributed by atoms with van der Waals surface area (Å²) in [5.74, 6) is -0.986. The van der Waals surface area contributed by atoms with Gasteiger partial charge in [-0.1, -0.05) is 211 Å². The summed E-state index contributed by atoms with van der Waals surface area (Å²) >= 11 is 0. The van der Waals surface area contributed by atoms with Crippen LogP contribution in [-0.4, -0.2) is 86.1 Å². The molecule has 2 N–H and O–H groups in total. The van der Waals surface area contributed by atoms with Crippen molar-refractivity contribution in [1.29, 1.82) is 0 Å². The number of likely N-dealkylation sites (N-methyl/N-ethyl adjacent to an activating group) is 1. The first-order valence-corrected chi connectivity index (χ1v) is 27.3. The van der Waals surface area contributed by atoms with Crippen LogP contribution in [0.5, 0.6) is 0 Å². The molecule has 2 unspecified atom stereocenters. The van der Waals surface area contributed by atoms with Crippen LogP contribution in [0.1, 0.15) is 226 Å². The van der Waals surface area contributed by atoms with E-state index in [0.29, 0.717) is 30.3 Å². The van der Waals surface area contributed by atoms with Crippen molar-refractivity contribution in [2.45, 2.75) is 238 Å². The van der Waals surface area contributed by atoms with Gasteiger partial charge in [-0.05, 0) is 38.5 Å². The number of unbranched alkanes of at least 4 members (excludes halogenated alkanes) is 26. The number of allylic oxidation sites excluding steroid dienone is 5. The van der Waals surface area contributed by atoms with Crippen LogP contribution in [0, 0.1) is 0 Å². The maximum atomic E-state index is 12.8. The fourth-order valence-corrected chi connectivity index (χ4v) is 7.94. The van der Waals surface area contributed by atoms with E-state index >= 15 is 0 Å². The van der Waals surface area contributed by atoms with E-state index in [4.69, 9.17) is 18.5 Å². The first kappa shape index (κ1) is 61.2. The normalized spacial score (nSPS) is 14.2. The molecule has 0 aromatic heterocycles. The highest BCUT2D eigenvalue weighted by Crippen LogP contribution is 2.43. The standard InChI is InChI=1S/C52H98NO9P/c1-6-8-10-12-14-16-18-20-21-22-23-24-25-26-27-29-31-33-35-37-39-43-52(56)62-50(48-61-63(57,58)60-46-45-53(3,4)5)47-59-51(55)44-40-42-49(54)41-38-36-34-32-30-28-19-17-15-13-11-9-7-2/h28,30,34,36,38,41,49-50,54H,6-27,29,31-33,35,37,39-40,42-48H2,1-5H3/p+1/b30-28+,36-34+,41-38+/t49?,50-/m1/s1. The van der Waals surface area contributed by atoms with Crippen molar-refractivity contribution in [2.24, 2.45) is 0 Å². The first-order valence-electron chi connectivity index (χ1n) is 25.8. The topological polar surface area (TPSA) is 129 Å². The second kappa shape index (κ2) is 44.0. The Hall–Kier alpha value is -1.81. The zero-order valence-electron chi connectivity index (χ0n) is 41.4. The van der Waals surface area contributed by atoms with E-state index in [0.717, 1.165) is 32.1 Å². The minimum Gasteiger partial charge on any atom is -0.462 e. The Labute approximate surface area is 387 Å². The van der Waals surface area contributed by atoms with E-state index in [1.54, 1.807) is 6.08 Å². The summed E-state index contributed by atoms with van der Waals surface area (Å²) in [6.45, 7) is 4.23. The quantitative estimate of drug-likeness (QED) is 0.0153. The summed E-state index contributed by atoms with van der Waals surface area (Å²) in [6, 6.07) is 0. The molecule has 3 atom stereocenters. The molecule has 0 spiro atoms. The second-order valence-corrected chi connectivity index (χ2v) is 20.2. The monoisotopic (exact) mass is 913 g/mol. The first-order chi connectivity index (χ1) is 30.4. The zero-order chi connectivity index (χ0) is 46.5. The lowest BCUT2D eigenvalue weighted by Crippen LogP contribution is -2.37. The molecule has 10 nitrogen and oxygen atoms in total. The Morgan fingerprint density at radius 3 is 1.56 bits per heavy atom. The van der Waals surface area contributed by atoms with Gasteiger partial charge in [-0.15, -0.1) is 0 Å². The molecular formula is C52H99NO9P+. The molecule has 11 heteroatoms. The average Bonchev–Trinajstić information content (AvgIpc) is 3.23. The predicted octanol–water partition coefficient (Wildman–Crippen LogP) is 14.2. The number of phosphoric acid groups is 1. The molecule has 0 aromatic carbocycles. The van der Waals surface area contributed by atoms with Crippen LogP contribution in [0.4, 0.5) is 0 Å². The SMILES string of the molecule is CCCCCCCC/C=C/C/C=C/C=C/C(O)CCCC(=O)OC[C@H](COP(=O)(O)OCC[N+](C)(C)C)OC(=O)CCCCCCCCCCCCCCCCCCCCCCC. The molecule has 0 bridgehead atoms. The molecule has 0 aliphatic rings. The molecule has 0 saturated carbocycles. The van der Waals surface area contributed by atoms with Gasteiger partial charge < -0.3 is 24.0 Å². The van der Waals surface area contributed by atoms with Crippen molar-refractivity contribution >= 4 is 19.8 Å². The maximum Gasteiger partial charge on any atom is 0.472 e. The van der Waals surface area contributed by atoms with Gasteiger partial charge in [-0.25, -0.2) is 4.57 Å².